The first-order valence-corrected chi connectivity index (χ1v) is 12.1. The Bertz CT molecular complexity index is 1820. The van der Waals surface area contributed by atoms with Crippen molar-refractivity contribution in [1.29, 1.82) is 0 Å². The molecule has 0 radical (unpaired) electrons. The fraction of sp³-hybridized carbons (Fsp3) is 0. The van der Waals surface area contributed by atoms with Crippen LogP contribution in [-0.4, -0.2) is 4.98 Å². The smallest absolute Gasteiger partial charge is 0.153 e. The third-order valence-electron chi connectivity index (χ3n) is 6.69. The van der Waals surface area contributed by atoms with Crippen LogP contribution in [0.1, 0.15) is 0 Å². The van der Waals surface area contributed by atoms with E-state index in [-0.39, 0.29) is 0 Å². The van der Waals surface area contributed by atoms with Gasteiger partial charge in [0.15, 0.2) is 5.58 Å². The van der Waals surface area contributed by atoms with Crippen molar-refractivity contribution in [2.24, 2.45) is 0 Å². The number of pyridine rings is 1. The summed E-state index contributed by atoms with van der Waals surface area (Å²) in [5.74, 6) is 0.844. The Hall–Kier alpha value is -4.89. The van der Waals surface area contributed by atoms with E-state index < -0.39 is 0 Å². The molecule has 7 rings (SSSR count). The lowest BCUT2D eigenvalue weighted by atomic mass is 10.0. The Kier molecular flexibility index (Phi) is 4.78. The van der Waals surface area contributed by atoms with Crippen molar-refractivity contribution in [2.75, 3.05) is 4.90 Å². The minimum absolute atomic E-state index is 0.788. The third kappa shape index (κ3) is 3.50. The summed E-state index contributed by atoms with van der Waals surface area (Å²) in [6.07, 6.45) is 1.84. The van der Waals surface area contributed by atoms with E-state index in [1.54, 1.807) is 0 Å². The zero-order valence-electron chi connectivity index (χ0n) is 19.5. The van der Waals surface area contributed by atoms with Gasteiger partial charge in [0.25, 0.3) is 0 Å². The topological polar surface area (TPSA) is 29.3 Å². The summed E-state index contributed by atoms with van der Waals surface area (Å²) < 4.78 is 6.19. The largest absolute Gasteiger partial charge is 0.454 e. The van der Waals surface area contributed by atoms with Gasteiger partial charge in [-0.2, -0.15) is 0 Å². The van der Waals surface area contributed by atoms with Gasteiger partial charge in [0.2, 0.25) is 0 Å². The van der Waals surface area contributed by atoms with Crippen LogP contribution in [0.2, 0.25) is 0 Å². The predicted octanol–water partition coefficient (Wildman–Crippen LogP) is 9.27. The quantitative estimate of drug-likeness (QED) is 0.261. The van der Waals surface area contributed by atoms with Crippen LogP contribution in [0.15, 0.2) is 138 Å². The molecule has 2 aromatic heterocycles. The molecule has 7 aromatic rings. The molecule has 0 saturated carbocycles. The van der Waals surface area contributed by atoms with Crippen molar-refractivity contribution >= 4 is 49.9 Å². The number of benzene rings is 5. The van der Waals surface area contributed by atoms with Crippen LogP contribution >= 0.6 is 0 Å². The second kappa shape index (κ2) is 8.40. The maximum absolute atomic E-state index is 6.19. The number of aromatic nitrogens is 1. The Balaban J connectivity index is 1.39. The van der Waals surface area contributed by atoms with E-state index in [4.69, 9.17) is 9.40 Å². The summed E-state index contributed by atoms with van der Waals surface area (Å²) in [5, 5.41) is 4.52. The van der Waals surface area contributed by atoms with E-state index in [1.165, 1.54) is 21.9 Å². The van der Waals surface area contributed by atoms with Gasteiger partial charge in [0.1, 0.15) is 11.4 Å². The SMILES string of the molecule is c1ccc(-c2ccc(N(c3ccccc3)c3cc4c(cn3)oc3cc5ccccc5cc34)cc2)cc1. The maximum atomic E-state index is 6.19. The molecule has 0 saturated heterocycles. The molecular weight excluding hydrogens is 440 g/mol. The number of hydrogen-bond donors (Lipinski definition) is 0. The first-order chi connectivity index (χ1) is 17.8. The summed E-state index contributed by atoms with van der Waals surface area (Å²) in [7, 11) is 0. The van der Waals surface area contributed by atoms with Crippen LogP contribution in [-0.2, 0) is 0 Å². The molecule has 0 atom stereocenters. The van der Waals surface area contributed by atoms with E-state index in [2.05, 4.69) is 120 Å². The van der Waals surface area contributed by atoms with Crippen molar-refractivity contribution in [3.63, 3.8) is 0 Å². The first-order valence-electron chi connectivity index (χ1n) is 12.1. The van der Waals surface area contributed by atoms with Gasteiger partial charge in [0, 0.05) is 22.1 Å². The second-order valence-corrected chi connectivity index (χ2v) is 8.92. The Morgan fingerprint density at radius 1 is 0.500 bits per heavy atom. The monoisotopic (exact) mass is 462 g/mol. The lowest BCUT2D eigenvalue weighted by Gasteiger charge is -2.24. The average molecular weight is 463 g/mol. The van der Waals surface area contributed by atoms with Crippen molar-refractivity contribution < 1.29 is 4.42 Å². The Morgan fingerprint density at radius 3 is 1.83 bits per heavy atom. The number of rotatable bonds is 4. The molecule has 170 valence electrons. The highest BCUT2D eigenvalue weighted by Gasteiger charge is 2.17. The molecule has 0 bridgehead atoms. The summed E-state index contributed by atoms with van der Waals surface area (Å²) in [5.41, 5.74) is 6.15. The van der Waals surface area contributed by atoms with Crippen LogP contribution in [0.4, 0.5) is 17.2 Å². The molecule has 0 aliphatic rings. The van der Waals surface area contributed by atoms with Crippen LogP contribution in [0, 0.1) is 0 Å². The Morgan fingerprint density at radius 2 is 1.08 bits per heavy atom. The normalized spacial score (nSPS) is 11.3. The standard InChI is InChI=1S/C33H22N2O/c1-3-9-23(10-4-1)24-15-17-28(18-16-24)35(27-13-5-2-6-14-27)33-21-30-29-19-25-11-7-8-12-26(25)20-31(29)36-32(30)22-34-33/h1-22H. The third-order valence-corrected chi connectivity index (χ3v) is 6.69. The van der Waals surface area contributed by atoms with Crippen LogP contribution < -0.4 is 4.90 Å². The van der Waals surface area contributed by atoms with E-state index in [0.29, 0.717) is 0 Å². The summed E-state index contributed by atoms with van der Waals surface area (Å²) in [6, 6.07) is 44.3. The van der Waals surface area contributed by atoms with E-state index in [0.717, 1.165) is 39.1 Å². The van der Waals surface area contributed by atoms with Crippen molar-refractivity contribution in [3.8, 4) is 11.1 Å². The van der Waals surface area contributed by atoms with E-state index >= 15 is 0 Å². The summed E-state index contributed by atoms with van der Waals surface area (Å²) in [4.78, 5) is 7.03. The van der Waals surface area contributed by atoms with Crippen molar-refractivity contribution in [2.45, 2.75) is 0 Å². The van der Waals surface area contributed by atoms with Gasteiger partial charge in [-0.15, -0.1) is 0 Å². The number of anilines is 3. The molecule has 3 nitrogen and oxygen atoms in total. The minimum atomic E-state index is 0.788. The van der Waals surface area contributed by atoms with Gasteiger partial charge in [-0.3, -0.25) is 4.90 Å². The molecule has 0 amide bonds. The minimum Gasteiger partial charge on any atom is -0.454 e. The predicted molar refractivity (Wildman–Crippen MR) is 149 cm³/mol. The van der Waals surface area contributed by atoms with E-state index in [1.807, 2.05) is 18.3 Å². The fourth-order valence-corrected chi connectivity index (χ4v) is 4.90. The lowest BCUT2D eigenvalue weighted by molar-refractivity contribution is 0.667. The first kappa shape index (κ1) is 20.5. The molecule has 36 heavy (non-hydrogen) atoms. The molecule has 3 heteroatoms. The zero-order chi connectivity index (χ0) is 23.9. The highest BCUT2D eigenvalue weighted by Crippen LogP contribution is 2.38. The van der Waals surface area contributed by atoms with E-state index in [9.17, 15) is 0 Å². The number of furan rings is 1. The summed E-state index contributed by atoms with van der Waals surface area (Å²) in [6.45, 7) is 0. The average Bonchev–Trinajstić information content (AvgIpc) is 3.30. The van der Waals surface area contributed by atoms with Gasteiger partial charge in [-0.05, 0) is 64.4 Å². The van der Waals surface area contributed by atoms with Crippen LogP contribution in [0.3, 0.4) is 0 Å². The van der Waals surface area contributed by atoms with Gasteiger partial charge in [-0.25, -0.2) is 4.98 Å². The molecule has 2 heterocycles. The molecule has 5 aromatic carbocycles. The highest BCUT2D eigenvalue weighted by molar-refractivity contribution is 6.10. The second-order valence-electron chi connectivity index (χ2n) is 8.92. The molecule has 0 fully saturated rings. The molecule has 0 aliphatic carbocycles. The van der Waals surface area contributed by atoms with Gasteiger partial charge in [-0.1, -0.05) is 84.9 Å². The van der Waals surface area contributed by atoms with Gasteiger partial charge in [0.05, 0.1) is 6.20 Å². The number of hydrogen-bond acceptors (Lipinski definition) is 3. The molecule has 0 aliphatic heterocycles. The Labute approximate surface area is 208 Å². The van der Waals surface area contributed by atoms with Crippen molar-refractivity contribution in [1.82, 2.24) is 4.98 Å². The molecule has 0 unspecified atom stereocenters. The molecule has 0 N–H and O–H groups in total. The van der Waals surface area contributed by atoms with Crippen LogP contribution in [0.5, 0.6) is 0 Å². The zero-order valence-corrected chi connectivity index (χ0v) is 19.5. The highest BCUT2D eigenvalue weighted by atomic mass is 16.3. The van der Waals surface area contributed by atoms with Crippen molar-refractivity contribution in [3.05, 3.63) is 134 Å². The summed E-state index contributed by atoms with van der Waals surface area (Å²) >= 11 is 0. The molecule has 0 spiro atoms. The maximum Gasteiger partial charge on any atom is 0.153 e. The van der Waals surface area contributed by atoms with Gasteiger partial charge < -0.3 is 4.42 Å². The number of fused-ring (bicyclic) bond motifs is 4. The number of para-hydroxylation sites is 1. The molecular formula is C33H22N2O. The van der Waals surface area contributed by atoms with Crippen LogP contribution in [0.25, 0.3) is 43.8 Å². The lowest BCUT2D eigenvalue weighted by Crippen LogP contribution is -2.11. The fourth-order valence-electron chi connectivity index (χ4n) is 4.90. The van der Waals surface area contributed by atoms with Gasteiger partial charge >= 0.3 is 0 Å². The number of nitrogens with zero attached hydrogens (tertiary/aromatic N) is 2.